The van der Waals surface area contributed by atoms with Gasteiger partial charge in [0.15, 0.2) is 0 Å². The van der Waals surface area contributed by atoms with Gasteiger partial charge in [-0.25, -0.2) is 0 Å². The number of rotatable bonds is 3. The molecule has 4 rings (SSSR count). The Morgan fingerprint density at radius 1 is 1.04 bits per heavy atom. The minimum absolute atomic E-state index is 0.710. The van der Waals surface area contributed by atoms with Crippen molar-refractivity contribution >= 4 is 45.1 Å². The van der Waals surface area contributed by atoms with Crippen LogP contribution in [0, 0.1) is 0 Å². The third-order valence-corrected chi connectivity index (χ3v) is 8.68. The maximum atomic E-state index is 6.49. The van der Waals surface area contributed by atoms with Gasteiger partial charge in [-0.15, -0.1) is 0 Å². The van der Waals surface area contributed by atoms with Crippen molar-refractivity contribution in [1.82, 2.24) is 0 Å². The molecule has 1 heterocycles. The topological polar surface area (TPSA) is 21.7 Å². The second-order valence-corrected chi connectivity index (χ2v) is 10.6. The van der Waals surface area contributed by atoms with Crippen molar-refractivity contribution in [2.75, 3.05) is 11.8 Å². The van der Waals surface area contributed by atoms with E-state index in [1.807, 2.05) is 54.6 Å². The first-order valence-corrected chi connectivity index (χ1v) is 11.6. The molecule has 3 aromatic carbocycles. The Balaban J connectivity index is 1.85. The van der Waals surface area contributed by atoms with E-state index in [2.05, 4.69) is 38.8 Å². The van der Waals surface area contributed by atoms with Crippen molar-refractivity contribution < 1.29 is 9.26 Å². The number of nitrogens with zero attached hydrogens (tertiary/aromatic N) is 1. The maximum absolute atomic E-state index is 6.49. The summed E-state index contributed by atoms with van der Waals surface area (Å²) in [5, 5.41) is 1.01. The summed E-state index contributed by atoms with van der Waals surface area (Å²) in [5.74, 6) is 1.67. The van der Waals surface area contributed by atoms with E-state index in [9.17, 15) is 0 Å². The van der Waals surface area contributed by atoms with Gasteiger partial charge in [-0.1, -0.05) is 34.1 Å². The van der Waals surface area contributed by atoms with E-state index in [-0.39, 0.29) is 0 Å². The monoisotopic (exact) mass is 445 g/mol. The SMILES string of the molecule is COc1ccc(P2(=S)Oc3ccc(Br)cc3CN2c2ccccc2)cc1. The van der Waals surface area contributed by atoms with Crippen molar-refractivity contribution in [3.8, 4) is 11.5 Å². The third kappa shape index (κ3) is 3.16. The number of fused-ring (bicyclic) bond motifs is 1. The third-order valence-electron chi connectivity index (χ3n) is 4.34. The Morgan fingerprint density at radius 3 is 2.46 bits per heavy atom. The molecule has 6 heteroatoms. The number of para-hydroxylation sites is 1. The lowest BCUT2D eigenvalue weighted by Crippen LogP contribution is -2.32. The molecular formula is C20H17BrNO2PS. The van der Waals surface area contributed by atoms with E-state index < -0.39 is 6.42 Å². The van der Waals surface area contributed by atoms with E-state index in [4.69, 9.17) is 21.1 Å². The predicted molar refractivity (Wildman–Crippen MR) is 114 cm³/mol. The van der Waals surface area contributed by atoms with Crippen molar-refractivity contribution in [1.29, 1.82) is 0 Å². The average Bonchev–Trinajstić information content (AvgIpc) is 2.68. The molecule has 0 saturated heterocycles. The highest BCUT2D eigenvalue weighted by Crippen LogP contribution is 2.57. The summed E-state index contributed by atoms with van der Waals surface area (Å²) in [5.41, 5.74) is 2.19. The van der Waals surface area contributed by atoms with Crippen molar-refractivity contribution in [2.24, 2.45) is 0 Å². The van der Waals surface area contributed by atoms with Gasteiger partial charge in [0.05, 0.1) is 13.7 Å². The number of benzene rings is 3. The molecular weight excluding hydrogens is 429 g/mol. The molecule has 1 atom stereocenters. The fourth-order valence-corrected chi connectivity index (χ4v) is 6.70. The smallest absolute Gasteiger partial charge is 0.234 e. The minimum Gasteiger partial charge on any atom is -0.497 e. The molecule has 3 aromatic rings. The van der Waals surface area contributed by atoms with Gasteiger partial charge in [0, 0.05) is 21.0 Å². The van der Waals surface area contributed by atoms with Crippen molar-refractivity contribution in [2.45, 2.75) is 6.54 Å². The number of methoxy groups -OCH3 is 1. The van der Waals surface area contributed by atoms with Crippen LogP contribution < -0.4 is 19.2 Å². The Hall–Kier alpha value is -1.81. The Kier molecular flexibility index (Phi) is 4.78. The number of halogens is 1. The fourth-order valence-electron chi connectivity index (χ4n) is 3.00. The van der Waals surface area contributed by atoms with Crippen molar-refractivity contribution in [3.63, 3.8) is 0 Å². The summed E-state index contributed by atoms with van der Waals surface area (Å²) >= 11 is 9.73. The summed E-state index contributed by atoms with van der Waals surface area (Å²) in [4.78, 5) is 0. The number of hydrogen-bond donors (Lipinski definition) is 0. The zero-order valence-corrected chi connectivity index (χ0v) is 17.4. The number of ether oxygens (including phenoxy) is 1. The van der Waals surface area contributed by atoms with E-state index in [1.165, 1.54) is 0 Å². The Bertz CT molecular complexity index is 979. The van der Waals surface area contributed by atoms with E-state index in [1.54, 1.807) is 7.11 Å². The number of hydrogen-bond acceptors (Lipinski definition) is 3. The van der Waals surface area contributed by atoms with Gasteiger partial charge in [0.1, 0.15) is 11.5 Å². The fraction of sp³-hybridized carbons (Fsp3) is 0.100. The van der Waals surface area contributed by atoms with Gasteiger partial charge in [-0.05, 0) is 66.4 Å². The average molecular weight is 446 g/mol. The van der Waals surface area contributed by atoms with Gasteiger partial charge in [0.25, 0.3) is 0 Å². The molecule has 0 bridgehead atoms. The first kappa shape index (κ1) is 17.6. The summed E-state index contributed by atoms with van der Waals surface area (Å²) in [6, 6.07) is 24.2. The molecule has 0 saturated carbocycles. The lowest BCUT2D eigenvalue weighted by molar-refractivity contribution is 0.415. The predicted octanol–water partition coefficient (Wildman–Crippen LogP) is 5.49. The highest BCUT2D eigenvalue weighted by atomic mass is 79.9. The van der Waals surface area contributed by atoms with Crippen LogP contribution in [0.25, 0.3) is 0 Å². The molecule has 1 aliphatic heterocycles. The maximum Gasteiger partial charge on any atom is 0.234 e. The molecule has 0 aliphatic carbocycles. The van der Waals surface area contributed by atoms with Crippen LogP contribution in [0.1, 0.15) is 5.56 Å². The van der Waals surface area contributed by atoms with Crippen LogP contribution in [0.2, 0.25) is 0 Å². The first-order valence-electron chi connectivity index (χ1n) is 8.16. The largest absolute Gasteiger partial charge is 0.497 e. The normalized spacial score (nSPS) is 18.8. The second-order valence-electron chi connectivity index (χ2n) is 5.95. The van der Waals surface area contributed by atoms with Crippen LogP contribution in [0.3, 0.4) is 0 Å². The lowest BCUT2D eigenvalue weighted by atomic mass is 10.2. The molecule has 3 nitrogen and oxygen atoms in total. The van der Waals surface area contributed by atoms with Gasteiger partial charge < -0.3 is 13.9 Å². The lowest BCUT2D eigenvalue weighted by Gasteiger charge is -2.41. The van der Waals surface area contributed by atoms with Crippen LogP contribution in [0.4, 0.5) is 5.69 Å². The van der Waals surface area contributed by atoms with E-state index >= 15 is 0 Å². The molecule has 1 aliphatic rings. The summed E-state index contributed by atoms with van der Waals surface area (Å²) in [6.07, 6.45) is -2.48. The first-order chi connectivity index (χ1) is 12.6. The van der Waals surface area contributed by atoms with Gasteiger partial charge in [-0.3, -0.25) is 0 Å². The quantitative estimate of drug-likeness (QED) is 0.496. The second kappa shape index (κ2) is 7.07. The molecule has 26 heavy (non-hydrogen) atoms. The Labute approximate surface area is 166 Å². The van der Waals surface area contributed by atoms with E-state index in [0.29, 0.717) is 6.54 Å². The standard InChI is InChI=1S/C20H17BrNO2PS/c1-23-18-8-10-19(11-9-18)25(26)22(17-5-3-2-4-6-17)14-15-13-16(21)7-12-20(15)24-25/h2-13H,14H2,1H3. The molecule has 0 spiro atoms. The van der Waals surface area contributed by atoms with Gasteiger partial charge in [-0.2, -0.15) is 0 Å². The van der Waals surface area contributed by atoms with Gasteiger partial charge >= 0.3 is 0 Å². The molecule has 0 N–H and O–H groups in total. The summed E-state index contributed by atoms with van der Waals surface area (Å²) in [7, 11) is 1.66. The molecule has 1 unspecified atom stereocenters. The highest BCUT2D eigenvalue weighted by molar-refractivity contribution is 9.10. The minimum atomic E-state index is -2.48. The van der Waals surface area contributed by atoms with Crippen LogP contribution in [-0.4, -0.2) is 7.11 Å². The molecule has 0 amide bonds. The van der Waals surface area contributed by atoms with Gasteiger partial charge in [0.2, 0.25) is 6.42 Å². The summed E-state index contributed by atoms with van der Waals surface area (Å²) < 4.78 is 15.0. The molecule has 0 aromatic heterocycles. The molecule has 0 fully saturated rings. The van der Waals surface area contributed by atoms with Crippen LogP contribution in [-0.2, 0) is 18.4 Å². The molecule has 0 radical (unpaired) electrons. The van der Waals surface area contributed by atoms with Crippen LogP contribution in [0.15, 0.2) is 77.3 Å². The van der Waals surface area contributed by atoms with Crippen LogP contribution >= 0.6 is 22.3 Å². The zero-order chi connectivity index (χ0) is 18.1. The van der Waals surface area contributed by atoms with Crippen LogP contribution in [0.5, 0.6) is 11.5 Å². The van der Waals surface area contributed by atoms with E-state index in [0.717, 1.165) is 32.5 Å². The summed E-state index contributed by atoms with van der Waals surface area (Å²) in [6.45, 7) is 0.710. The number of anilines is 1. The Morgan fingerprint density at radius 2 is 1.77 bits per heavy atom. The molecule has 132 valence electrons. The zero-order valence-electron chi connectivity index (χ0n) is 14.1. The highest BCUT2D eigenvalue weighted by Gasteiger charge is 2.36. The van der Waals surface area contributed by atoms with Crippen molar-refractivity contribution in [3.05, 3.63) is 82.8 Å².